The molecule has 0 radical (unpaired) electrons. The third kappa shape index (κ3) is 7.11. The number of carbonyl (C=O) groups excluding carboxylic acids is 1. The van der Waals surface area contributed by atoms with Crippen LogP contribution in [0.4, 0.5) is 0 Å². The van der Waals surface area contributed by atoms with E-state index in [4.69, 9.17) is 9.47 Å². The van der Waals surface area contributed by atoms with Crippen LogP contribution < -0.4 is 14.8 Å². The van der Waals surface area contributed by atoms with Crippen LogP contribution in [0.3, 0.4) is 0 Å². The number of benzene rings is 3. The smallest absolute Gasteiger partial charge is 0.251 e. The van der Waals surface area contributed by atoms with Crippen molar-refractivity contribution in [3.05, 3.63) is 95.1 Å². The van der Waals surface area contributed by atoms with Crippen molar-refractivity contribution in [3.8, 4) is 11.5 Å². The lowest BCUT2D eigenvalue weighted by molar-refractivity contribution is 0.0938. The zero-order valence-electron chi connectivity index (χ0n) is 20.4. The molecule has 0 saturated carbocycles. The number of rotatable bonds is 9. The molecule has 0 bridgehead atoms. The number of hydrogen-bond donors (Lipinski definition) is 1. The molecule has 3 aromatic rings. The second-order valence-electron chi connectivity index (χ2n) is 9.49. The fraction of sp³-hybridized carbons (Fsp3) is 0.345. The van der Waals surface area contributed by atoms with Crippen molar-refractivity contribution in [2.24, 2.45) is 0 Å². The number of amides is 1. The van der Waals surface area contributed by atoms with Gasteiger partial charge in [-0.2, -0.15) is 0 Å². The van der Waals surface area contributed by atoms with E-state index in [1.807, 2.05) is 49.4 Å². The minimum absolute atomic E-state index is 0.0702. The summed E-state index contributed by atoms with van der Waals surface area (Å²) in [6, 6.07) is 24.0. The molecule has 0 aliphatic rings. The Balaban J connectivity index is 1.61. The normalized spacial score (nSPS) is 12.2. The Kier molecular flexibility index (Phi) is 8.16. The van der Waals surface area contributed by atoms with Crippen molar-refractivity contribution in [1.29, 1.82) is 0 Å². The number of hydrogen-bond acceptors (Lipinski definition) is 3. The lowest BCUT2D eigenvalue weighted by atomic mass is 9.87. The van der Waals surface area contributed by atoms with Crippen molar-refractivity contribution in [1.82, 2.24) is 5.32 Å². The van der Waals surface area contributed by atoms with Gasteiger partial charge in [-0.15, -0.1) is 0 Å². The fourth-order valence-electron chi connectivity index (χ4n) is 3.65. The highest BCUT2D eigenvalue weighted by atomic mass is 16.5. The monoisotopic (exact) mass is 445 g/mol. The van der Waals surface area contributed by atoms with Crippen LogP contribution in [0.5, 0.6) is 11.5 Å². The van der Waals surface area contributed by atoms with Gasteiger partial charge in [0.15, 0.2) is 0 Å². The van der Waals surface area contributed by atoms with Gasteiger partial charge in [-0.25, -0.2) is 0 Å². The quantitative estimate of drug-likeness (QED) is 0.419. The van der Waals surface area contributed by atoms with Crippen LogP contribution in [0.1, 0.15) is 61.2 Å². The van der Waals surface area contributed by atoms with Crippen molar-refractivity contribution in [3.63, 3.8) is 0 Å². The largest absolute Gasteiger partial charge is 0.496 e. The summed E-state index contributed by atoms with van der Waals surface area (Å²) in [6.07, 6.45) is 1.81. The molecule has 1 N–H and O–H groups in total. The van der Waals surface area contributed by atoms with E-state index >= 15 is 0 Å². The summed E-state index contributed by atoms with van der Waals surface area (Å²) in [5.74, 6) is 1.40. The van der Waals surface area contributed by atoms with E-state index in [1.165, 1.54) is 11.1 Å². The zero-order valence-corrected chi connectivity index (χ0v) is 20.4. The molecule has 0 aliphatic heterocycles. The number of methoxy groups -OCH3 is 1. The fourth-order valence-corrected chi connectivity index (χ4v) is 3.65. The molecule has 0 aromatic heterocycles. The summed E-state index contributed by atoms with van der Waals surface area (Å²) in [5.41, 5.74) is 4.07. The third-order valence-electron chi connectivity index (χ3n) is 5.74. The van der Waals surface area contributed by atoms with Crippen molar-refractivity contribution in [2.75, 3.05) is 7.11 Å². The molecule has 0 aliphatic carbocycles. The van der Waals surface area contributed by atoms with Gasteiger partial charge < -0.3 is 14.8 Å². The molecule has 0 saturated heterocycles. The van der Waals surface area contributed by atoms with Gasteiger partial charge in [0.2, 0.25) is 0 Å². The first kappa shape index (κ1) is 24.4. The Morgan fingerprint density at radius 3 is 2.30 bits per heavy atom. The number of aryl methyl sites for hydroxylation is 1. The molecule has 0 heterocycles. The maximum Gasteiger partial charge on any atom is 0.251 e. The molecule has 0 fully saturated rings. The van der Waals surface area contributed by atoms with Gasteiger partial charge in [0.05, 0.1) is 7.11 Å². The van der Waals surface area contributed by atoms with Crippen LogP contribution in [0, 0.1) is 0 Å². The third-order valence-corrected chi connectivity index (χ3v) is 5.74. The summed E-state index contributed by atoms with van der Waals surface area (Å²) >= 11 is 0. The van der Waals surface area contributed by atoms with E-state index in [2.05, 4.69) is 50.4 Å². The van der Waals surface area contributed by atoms with Gasteiger partial charge >= 0.3 is 0 Å². The topological polar surface area (TPSA) is 47.6 Å². The minimum Gasteiger partial charge on any atom is -0.496 e. The van der Waals surface area contributed by atoms with Gasteiger partial charge in [-0.05, 0) is 66.6 Å². The minimum atomic E-state index is -0.0889. The van der Waals surface area contributed by atoms with Crippen LogP contribution in [0.15, 0.2) is 72.8 Å². The number of ether oxygens (including phenoxy) is 2. The van der Waals surface area contributed by atoms with Crippen LogP contribution >= 0.6 is 0 Å². The average Bonchev–Trinajstić information content (AvgIpc) is 2.81. The Morgan fingerprint density at radius 2 is 1.67 bits per heavy atom. The molecule has 3 aromatic carbocycles. The van der Waals surface area contributed by atoms with Gasteiger partial charge in [-0.3, -0.25) is 4.79 Å². The summed E-state index contributed by atoms with van der Waals surface area (Å²) in [5, 5.41) is 3.10. The Bertz CT molecular complexity index is 1040. The second kappa shape index (κ2) is 11.0. The Morgan fingerprint density at radius 1 is 0.970 bits per heavy atom. The van der Waals surface area contributed by atoms with E-state index in [0.717, 1.165) is 24.2 Å². The standard InChI is InChI=1S/C29H35NO3/c1-21(11-12-22-9-7-6-8-10-22)30-28(31)23-13-18-27(32-5)24(19-23)20-33-26-16-14-25(15-17-26)29(2,3)4/h6-10,13-19,21H,11-12,20H2,1-5H3,(H,30,31). The summed E-state index contributed by atoms with van der Waals surface area (Å²) in [6.45, 7) is 8.92. The van der Waals surface area contributed by atoms with Gasteiger partial charge in [0.1, 0.15) is 18.1 Å². The second-order valence-corrected chi connectivity index (χ2v) is 9.49. The Labute approximate surface area is 197 Å². The molecule has 0 spiro atoms. The Hall–Kier alpha value is -3.27. The molecule has 1 unspecified atom stereocenters. The van der Waals surface area contributed by atoms with Crippen LogP contribution in [0.2, 0.25) is 0 Å². The lowest BCUT2D eigenvalue weighted by Crippen LogP contribution is -2.33. The predicted octanol–water partition coefficient (Wildman–Crippen LogP) is 6.32. The molecule has 1 atom stereocenters. The van der Waals surface area contributed by atoms with Crippen molar-refractivity contribution >= 4 is 5.91 Å². The van der Waals surface area contributed by atoms with Gasteiger partial charge in [-0.1, -0.05) is 63.2 Å². The maximum atomic E-state index is 12.8. The molecule has 3 rings (SSSR count). The maximum absolute atomic E-state index is 12.8. The van der Waals surface area contributed by atoms with Crippen molar-refractivity contribution < 1.29 is 14.3 Å². The molecule has 4 heteroatoms. The highest BCUT2D eigenvalue weighted by molar-refractivity contribution is 5.94. The molecule has 33 heavy (non-hydrogen) atoms. The van der Waals surface area contributed by atoms with E-state index in [-0.39, 0.29) is 17.4 Å². The molecule has 4 nitrogen and oxygen atoms in total. The van der Waals surface area contributed by atoms with Gasteiger partial charge in [0, 0.05) is 17.2 Å². The predicted molar refractivity (Wildman–Crippen MR) is 134 cm³/mol. The SMILES string of the molecule is COc1ccc(C(=O)NC(C)CCc2ccccc2)cc1COc1ccc(C(C)(C)C)cc1. The molecule has 1 amide bonds. The van der Waals surface area contributed by atoms with E-state index in [1.54, 1.807) is 13.2 Å². The van der Waals surface area contributed by atoms with E-state index < -0.39 is 0 Å². The lowest BCUT2D eigenvalue weighted by Gasteiger charge is -2.19. The number of nitrogens with one attached hydrogen (secondary N) is 1. The summed E-state index contributed by atoms with van der Waals surface area (Å²) < 4.78 is 11.5. The summed E-state index contributed by atoms with van der Waals surface area (Å²) in [4.78, 5) is 12.8. The van der Waals surface area contributed by atoms with Crippen LogP contribution in [-0.2, 0) is 18.4 Å². The van der Waals surface area contributed by atoms with Crippen LogP contribution in [0.25, 0.3) is 0 Å². The highest BCUT2D eigenvalue weighted by Crippen LogP contribution is 2.26. The first-order valence-corrected chi connectivity index (χ1v) is 11.5. The van der Waals surface area contributed by atoms with E-state index in [0.29, 0.717) is 17.9 Å². The summed E-state index contributed by atoms with van der Waals surface area (Å²) in [7, 11) is 1.63. The molecular weight excluding hydrogens is 410 g/mol. The first-order valence-electron chi connectivity index (χ1n) is 11.5. The van der Waals surface area contributed by atoms with E-state index in [9.17, 15) is 4.79 Å². The first-order chi connectivity index (χ1) is 15.8. The number of carbonyl (C=O) groups is 1. The molecular formula is C29H35NO3. The van der Waals surface area contributed by atoms with Crippen molar-refractivity contribution in [2.45, 2.75) is 58.6 Å². The zero-order chi connectivity index (χ0) is 23.8. The van der Waals surface area contributed by atoms with Gasteiger partial charge in [0.25, 0.3) is 5.91 Å². The highest BCUT2D eigenvalue weighted by Gasteiger charge is 2.15. The average molecular weight is 446 g/mol. The molecule has 174 valence electrons. The van der Waals surface area contributed by atoms with Crippen LogP contribution in [-0.4, -0.2) is 19.1 Å².